The molecule has 0 radical (unpaired) electrons. The number of methoxy groups -OCH3 is 1. The van der Waals surface area contributed by atoms with Gasteiger partial charge < -0.3 is 14.4 Å². The molecule has 2 aromatic carbocycles. The Balaban J connectivity index is 1.53. The van der Waals surface area contributed by atoms with Crippen LogP contribution >= 0.6 is 11.6 Å². The molecule has 1 amide bonds. The number of halogens is 1. The van der Waals surface area contributed by atoms with Gasteiger partial charge in [0.1, 0.15) is 11.5 Å². The number of carbonyl (C=O) groups excluding carboxylic acids is 1. The second kappa shape index (κ2) is 9.80. The van der Waals surface area contributed by atoms with E-state index in [2.05, 4.69) is 17.0 Å². The first-order chi connectivity index (χ1) is 13.6. The molecular weight excluding hydrogens is 376 g/mol. The van der Waals surface area contributed by atoms with E-state index in [1.54, 1.807) is 26.2 Å². The highest BCUT2D eigenvalue weighted by molar-refractivity contribution is 6.32. The molecule has 0 unspecified atom stereocenters. The number of rotatable bonds is 6. The quantitative estimate of drug-likeness (QED) is 0.736. The largest absolute Gasteiger partial charge is 0.497 e. The number of hydrogen-bond acceptors (Lipinski definition) is 4. The van der Waals surface area contributed by atoms with Crippen molar-refractivity contribution in [2.24, 2.45) is 0 Å². The van der Waals surface area contributed by atoms with Crippen molar-refractivity contribution in [2.75, 3.05) is 33.3 Å². The van der Waals surface area contributed by atoms with Gasteiger partial charge in [-0.25, -0.2) is 0 Å². The van der Waals surface area contributed by atoms with Gasteiger partial charge >= 0.3 is 0 Å². The Morgan fingerprint density at radius 1 is 1.07 bits per heavy atom. The summed E-state index contributed by atoms with van der Waals surface area (Å²) in [5.41, 5.74) is 1.25. The summed E-state index contributed by atoms with van der Waals surface area (Å²) in [5.74, 6) is 1.41. The third-order valence-electron chi connectivity index (χ3n) is 4.95. The lowest BCUT2D eigenvalue weighted by molar-refractivity contribution is -0.137. The Kier molecular flexibility index (Phi) is 7.18. The van der Waals surface area contributed by atoms with Crippen LogP contribution < -0.4 is 9.47 Å². The summed E-state index contributed by atoms with van der Waals surface area (Å²) >= 11 is 6.14. The second-order valence-corrected chi connectivity index (χ2v) is 7.40. The van der Waals surface area contributed by atoms with E-state index in [1.165, 1.54) is 5.56 Å². The molecule has 28 heavy (non-hydrogen) atoms. The molecule has 3 rings (SSSR count). The lowest BCUT2D eigenvalue weighted by atomic mass is 10.2. The summed E-state index contributed by atoms with van der Waals surface area (Å²) in [5, 5.41) is 0.517. The Morgan fingerprint density at radius 3 is 2.54 bits per heavy atom. The summed E-state index contributed by atoms with van der Waals surface area (Å²) in [6.45, 7) is 5.91. The van der Waals surface area contributed by atoms with Crippen LogP contribution in [0, 0.1) is 0 Å². The molecular formula is C22H27ClN2O3. The highest BCUT2D eigenvalue weighted by Crippen LogP contribution is 2.24. The van der Waals surface area contributed by atoms with E-state index < -0.39 is 6.10 Å². The van der Waals surface area contributed by atoms with E-state index in [0.717, 1.165) is 38.3 Å². The molecule has 0 spiro atoms. The summed E-state index contributed by atoms with van der Waals surface area (Å²) in [4.78, 5) is 17.1. The van der Waals surface area contributed by atoms with Gasteiger partial charge in [0.15, 0.2) is 6.10 Å². The summed E-state index contributed by atoms with van der Waals surface area (Å²) in [6, 6.07) is 15.4. The van der Waals surface area contributed by atoms with Crippen molar-refractivity contribution in [1.29, 1.82) is 0 Å². The fraction of sp³-hybridized carbons (Fsp3) is 0.409. The van der Waals surface area contributed by atoms with Crippen LogP contribution in [0.25, 0.3) is 0 Å². The molecule has 0 aliphatic carbocycles. The van der Waals surface area contributed by atoms with Crippen molar-refractivity contribution in [3.8, 4) is 11.5 Å². The Hall–Kier alpha value is -2.24. The zero-order valence-electron chi connectivity index (χ0n) is 16.4. The number of nitrogens with zero attached hydrogens (tertiary/aromatic N) is 2. The van der Waals surface area contributed by atoms with E-state index in [9.17, 15) is 4.79 Å². The number of para-hydroxylation sites is 1. The predicted octanol–water partition coefficient (Wildman–Crippen LogP) is 3.85. The molecule has 6 heteroatoms. The van der Waals surface area contributed by atoms with Crippen LogP contribution in [0.4, 0.5) is 0 Å². The van der Waals surface area contributed by atoms with Gasteiger partial charge in [-0.05, 0) is 43.2 Å². The predicted molar refractivity (Wildman–Crippen MR) is 111 cm³/mol. The average Bonchev–Trinajstić information content (AvgIpc) is 2.95. The van der Waals surface area contributed by atoms with Gasteiger partial charge in [-0.2, -0.15) is 0 Å². The monoisotopic (exact) mass is 402 g/mol. The number of carbonyl (C=O) groups is 1. The summed E-state index contributed by atoms with van der Waals surface area (Å²) in [7, 11) is 1.67. The first-order valence-corrected chi connectivity index (χ1v) is 10.00. The minimum atomic E-state index is -0.562. The number of ether oxygens (including phenoxy) is 2. The van der Waals surface area contributed by atoms with E-state index in [0.29, 0.717) is 17.3 Å². The Bertz CT molecular complexity index is 782. The molecule has 2 aromatic rings. The minimum absolute atomic E-state index is 0.00576. The molecule has 5 nitrogen and oxygen atoms in total. The SMILES string of the molecule is COc1ccc(CN2CCCN(C(=O)[C@H](C)Oc3ccccc3Cl)CC2)cc1. The fourth-order valence-electron chi connectivity index (χ4n) is 3.38. The van der Waals surface area contributed by atoms with E-state index in [4.69, 9.17) is 21.1 Å². The van der Waals surface area contributed by atoms with Crippen LogP contribution in [0.5, 0.6) is 11.5 Å². The Labute approximate surface area is 171 Å². The topological polar surface area (TPSA) is 42.0 Å². The van der Waals surface area contributed by atoms with Crippen molar-refractivity contribution >= 4 is 17.5 Å². The molecule has 1 saturated heterocycles. The highest BCUT2D eigenvalue weighted by atomic mass is 35.5. The number of hydrogen-bond donors (Lipinski definition) is 0. The average molecular weight is 403 g/mol. The molecule has 1 heterocycles. The normalized spacial score (nSPS) is 16.3. The molecule has 1 fully saturated rings. The second-order valence-electron chi connectivity index (χ2n) is 6.99. The fourth-order valence-corrected chi connectivity index (χ4v) is 3.56. The molecule has 0 aromatic heterocycles. The zero-order chi connectivity index (χ0) is 19.9. The third kappa shape index (κ3) is 5.40. The first-order valence-electron chi connectivity index (χ1n) is 9.62. The van der Waals surface area contributed by atoms with Gasteiger partial charge in [0.05, 0.1) is 12.1 Å². The van der Waals surface area contributed by atoms with Crippen LogP contribution in [0.2, 0.25) is 5.02 Å². The zero-order valence-corrected chi connectivity index (χ0v) is 17.2. The minimum Gasteiger partial charge on any atom is -0.497 e. The van der Waals surface area contributed by atoms with Gasteiger partial charge in [-0.3, -0.25) is 9.69 Å². The Morgan fingerprint density at radius 2 is 1.82 bits per heavy atom. The first kappa shape index (κ1) is 20.5. The van der Waals surface area contributed by atoms with Crippen molar-refractivity contribution < 1.29 is 14.3 Å². The maximum atomic E-state index is 12.8. The highest BCUT2D eigenvalue weighted by Gasteiger charge is 2.25. The standard InChI is InChI=1S/C22H27ClN2O3/c1-17(28-21-7-4-3-6-20(21)23)22(26)25-13-5-12-24(14-15-25)16-18-8-10-19(27-2)11-9-18/h3-4,6-11,17H,5,12-16H2,1-2H3/t17-/m0/s1. The summed E-state index contributed by atoms with van der Waals surface area (Å²) < 4.78 is 11.0. The van der Waals surface area contributed by atoms with E-state index in [-0.39, 0.29) is 5.91 Å². The van der Waals surface area contributed by atoms with Gasteiger partial charge in [0, 0.05) is 32.7 Å². The number of benzene rings is 2. The number of amides is 1. The molecule has 1 atom stereocenters. The van der Waals surface area contributed by atoms with Gasteiger partial charge in [0.2, 0.25) is 0 Å². The molecule has 1 aliphatic rings. The molecule has 1 aliphatic heterocycles. The van der Waals surface area contributed by atoms with Crippen LogP contribution in [0.3, 0.4) is 0 Å². The van der Waals surface area contributed by atoms with Crippen LogP contribution in [0.15, 0.2) is 48.5 Å². The van der Waals surface area contributed by atoms with Crippen molar-refractivity contribution in [3.05, 3.63) is 59.1 Å². The smallest absolute Gasteiger partial charge is 0.263 e. The lowest BCUT2D eigenvalue weighted by Gasteiger charge is -2.25. The van der Waals surface area contributed by atoms with Crippen molar-refractivity contribution in [2.45, 2.75) is 26.0 Å². The molecule has 0 bridgehead atoms. The molecule has 0 N–H and O–H groups in total. The third-order valence-corrected chi connectivity index (χ3v) is 5.27. The van der Waals surface area contributed by atoms with Crippen LogP contribution in [-0.2, 0) is 11.3 Å². The van der Waals surface area contributed by atoms with E-state index in [1.807, 2.05) is 29.2 Å². The maximum absolute atomic E-state index is 12.8. The van der Waals surface area contributed by atoms with Gasteiger partial charge in [-0.15, -0.1) is 0 Å². The molecule has 150 valence electrons. The molecule has 0 saturated carbocycles. The van der Waals surface area contributed by atoms with E-state index >= 15 is 0 Å². The van der Waals surface area contributed by atoms with Crippen molar-refractivity contribution in [1.82, 2.24) is 9.80 Å². The maximum Gasteiger partial charge on any atom is 0.263 e. The van der Waals surface area contributed by atoms with Gasteiger partial charge in [0.25, 0.3) is 5.91 Å². The van der Waals surface area contributed by atoms with Gasteiger partial charge in [-0.1, -0.05) is 35.9 Å². The van der Waals surface area contributed by atoms with Crippen molar-refractivity contribution in [3.63, 3.8) is 0 Å². The lowest BCUT2D eigenvalue weighted by Crippen LogP contribution is -2.42. The summed E-state index contributed by atoms with van der Waals surface area (Å²) in [6.07, 6.45) is 0.383. The van der Waals surface area contributed by atoms with Crippen LogP contribution in [-0.4, -0.2) is 55.1 Å². The van der Waals surface area contributed by atoms with Crippen LogP contribution in [0.1, 0.15) is 18.9 Å².